The lowest BCUT2D eigenvalue weighted by molar-refractivity contribution is -0.154. The number of halogens is 1. The molecule has 2 aliphatic rings. The highest BCUT2D eigenvalue weighted by Crippen LogP contribution is 2.48. The number of nitrogens with zero attached hydrogens (tertiary/aromatic N) is 3. The Morgan fingerprint density at radius 1 is 0.850 bits per heavy atom. The molecule has 1 saturated heterocycles. The van der Waals surface area contributed by atoms with Gasteiger partial charge in [0.1, 0.15) is 39.4 Å². The number of hydrogen-bond acceptors (Lipinski definition) is 10. The third-order valence-corrected chi connectivity index (χ3v) is 13.1. The summed E-state index contributed by atoms with van der Waals surface area (Å²) in [6, 6.07) is 47.8. The van der Waals surface area contributed by atoms with E-state index in [9.17, 15) is 14.4 Å². The van der Waals surface area contributed by atoms with Crippen molar-refractivity contribution in [3.63, 3.8) is 0 Å². The summed E-state index contributed by atoms with van der Waals surface area (Å²) in [5.74, 6) is -1.53. The Balaban J connectivity index is 1.10. The number of nitrogens with two attached hydrogens (primary N) is 1. The summed E-state index contributed by atoms with van der Waals surface area (Å²) in [7, 11) is 0. The topological polar surface area (TPSA) is 136 Å². The normalized spacial score (nSPS) is 16.6. The van der Waals surface area contributed by atoms with E-state index >= 15 is 0 Å². The van der Waals surface area contributed by atoms with Crippen LogP contribution >= 0.6 is 34.7 Å². The molecule has 2 amide bonds. The fraction of sp³-hybridized carbons (Fsp3) is 0.170. The Labute approximate surface area is 361 Å². The summed E-state index contributed by atoms with van der Waals surface area (Å²) >= 11 is 9.03. The van der Waals surface area contributed by atoms with Gasteiger partial charge in [0.05, 0.1) is 5.41 Å². The second kappa shape index (κ2) is 18.0. The molecule has 0 spiro atoms. The van der Waals surface area contributed by atoms with Gasteiger partial charge in [-0.3, -0.25) is 14.5 Å². The predicted octanol–water partition coefficient (Wildman–Crippen LogP) is 8.07. The number of amides is 2. The fourth-order valence-corrected chi connectivity index (χ4v) is 10.4. The quantitative estimate of drug-likeness (QED) is 0.0281. The highest BCUT2D eigenvalue weighted by Gasteiger charge is 2.55. The lowest BCUT2D eigenvalue weighted by Gasteiger charge is -2.49. The van der Waals surface area contributed by atoms with E-state index in [1.165, 1.54) is 28.0 Å². The molecule has 0 bridgehead atoms. The molecule has 1 unspecified atom stereocenters. The number of oxime groups is 1. The van der Waals surface area contributed by atoms with Gasteiger partial charge >= 0.3 is 5.97 Å². The van der Waals surface area contributed by atoms with E-state index in [0.29, 0.717) is 16.3 Å². The number of nitrogen functional groups attached to an aromatic ring is 1. The van der Waals surface area contributed by atoms with Gasteiger partial charge in [-0.15, -0.1) is 23.4 Å². The fourth-order valence-electron chi connectivity index (χ4n) is 7.65. The molecular formula is C47H40ClN5O5S2. The van der Waals surface area contributed by atoms with Gasteiger partial charge in [0.15, 0.2) is 11.8 Å². The van der Waals surface area contributed by atoms with E-state index in [4.69, 9.17) is 31.9 Å². The van der Waals surface area contributed by atoms with E-state index in [-0.39, 0.29) is 34.6 Å². The average Bonchev–Trinajstić information content (AvgIpc) is 3.69. The number of aromatic nitrogens is 1. The highest BCUT2D eigenvalue weighted by atomic mass is 35.5. The van der Waals surface area contributed by atoms with Gasteiger partial charge in [-0.05, 0) is 40.3 Å². The summed E-state index contributed by atoms with van der Waals surface area (Å²) in [4.78, 5) is 54.6. The minimum atomic E-state index is -1.01. The van der Waals surface area contributed by atoms with Crippen LogP contribution in [0.1, 0.15) is 51.5 Å². The van der Waals surface area contributed by atoms with Crippen LogP contribution < -0.4 is 11.1 Å². The molecule has 0 saturated carbocycles. The zero-order valence-corrected chi connectivity index (χ0v) is 34.8. The summed E-state index contributed by atoms with van der Waals surface area (Å²) in [6.07, 6.45) is -0.737. The van der Waals surface area contributed by atoms with E-state index in [1.807, 2.05) is 152 Å². The molecule has 1 aromatic heterocycles. The number of nitrogens with one attached hydrogen (secondary N) is 1. The zero-order valence-electron chi connectivity index (χ0n) is 32.4. The van der Waals surface area contributed by atoms with Crippen molar-refractivity contribution >= 4 is 63.2 Å². The number of thioether (sulfide) groups is 1. The number of benzene rings is 5. The molecule has 302 valence electrons. The van der Waals surface area contributed by atoms with E-state index in [2.05, 4.69) is 10.5 Å². The van der Waals surface area contributed by atoms with Crippen molar-refractivity contribution in [2.45, 2.75) is 29.9 Å². The minimum absolute atomic E-state index is 0.0132. The molecule has 2 atom stereocenters. The highest BCUT2D eigenvalue weighted by molar-refractivity contribution is 8.00. The molecule has 3 heterocycles. The Morgan fingerprint density at radius 2 is 1.35 bits per heavy atom. The van der Waals surface area contributed by atoms with Crippen molar-refractivity contribution in [3.8, 4) is 0 Å². The summed E-state index contributed by atoms with van der Waals surface area (Å²) in [6.45, 7) is 1.91. The lowest BCUT2D eigenvalue weighted by Crippen LogP contribution is -2.71. The molecule has 1 fully saturated rings. The lowest BCUT2D eigenvalue weighted by atomic mass is 9.70. The third kappa shape index (κ3) is 7.58. The van der Waals surface area contributed by atoms with Crippen molar-refractivity contribution < 1.29 is 24.0 Å². The van der Waals surface area contributed by atoms with Gasteiger partial charge in [-0.2, -0.15) is 0 Å². The van der Waals surface area contributed by atoms with Gasteiger partial charge in [0, 0.05) is 11.6 Å². The molecule has 10 nitrogen and oxygen atoms in total. The first-order valence-electron chi connectivity index (χ1n) is 19.3. The smallest absolute Gasteiger partial charge is 0.356 e. The Morgan fingerprint density at radius 3 is 1.83 bits per heavy atom. The van der Waals surface area contributed by atoms with Crippen LogP contribution in [0.3, 0.4) is 0 Å². The SMILES string of the molecule is CCO/N=C(\C(=O)NC1C(=O)N2C(C(=O)OC(c3ccccc3)c3ccccc3)=C(CCl)CS[C@H]12)c1nc(C(c2ccccc2)(c2ccccc2)c2ccccc2)sc1N. The van der Waals surface area contributed by atoms with Crippen LogP contribution in [0.4, 0.5) is 5.00 Å². The van der Waals surface area contributed by atoms with Crippen molar-refractivity contribution in [3.05, 3.63) is 201 Å². The van der Waals surface area contributed by atoms with Crippen LogP contribution in [-0.4, -0.2) is 63.0 Å². The van der Waals surface area contributed by atoms with Crippen molar-refractivity contribution in [1.29, 1.82) is 0 Å². The van der Waals surface area contributed by atoms with Gasteiger partial charge in [0.25, 0.3) is 11.8 Å². The molecule has 60 heavy (non-hydrogen) atoms. The van der Waals surface area contributed by atoms with E-state index < -0.39 is 40.7 Å². The average molecular weight is 854 g/mol. The molecule has 5 aromatic carbocycles. The van der Waals surface area contributed by atoms with E-state index in [0.717, 1.165) is 27.8 Å². The second-order valence-corrected chi connectivity index (χ2v) is 16.4. The first-order valence-corrected chi connectivity index (χ1v) is 21.7. The largest absolute Gasteiger partial charge is 0.448 e. The van der Waals surface area contributed by atoms with Crippen LogP contribution in [0.25, 0.3) is 0 Å². The molecule has 0 radical (unpaired) electrons. The molecule has 13 heteroatoms. The monoisotopic (exact) mass is 853 g/mol. The van der Waals surface area contributed by atoms with Crippen LogP contribution in [0.5, 0.6) is 0 Å². The van der Waals surface area contributed by atoms with Crippen molar-refractivity contribution in [2.24, 2.45) is 5.16 Å². The summed E-state index contributed by atoms with van der Waals surface area (Å²) < 4.78 is 6.19. The number of carbonyl (C=O) groups excluding carboxylic acids is 3. The molecular weight excluding hydrogens is 814 g/mol. The number of anilines is 1. The molecule has 0 aliphatic carbocycles. The number of carbonyl (C=O) groups is 3. The van der Waals surface area contributed by atoms with Crippen LogP contribution in [-0.2, 0) is 29.4 Å². The molecule has 2 aliphatic heterocycles. The Hall–Kier alpha value is -6.21. The number of hydrogen-bond donors (Lipinski definition) is 2. The maximum atomic E-state index is 14.4. The summed E-state index contributed by atoms with van der Waals surface area (Å²) in [5.41, 5.74) is 10.8. The van der Waals surface area contributed by atoms with Crippen LogP contribution in [0.2, 0.25) is 0 Å². The van der Waals surface area contributed by atoms with Crippen LogP contribution in [0.15, 0.2) is 168 Å². The van der Waals surface area contributed by atoms with Gasteiger partial charge in [-0.25, -0.2) is 9.78 Å². The predicted molar refractivity (Wildman–Crippen MR) is 237 cm³/mol. The number of fused-ring (bicyclic) bond motifs is 1. The second-order valence-electron chi connectivity index (χ2n) is 14.0. The number of ether oxygens (including phenoxy) is 1. The molecule has 6 aromatic rings. The first-order chi connectivity index (χ1) is 29.4. The number of esters is 1. The van der Waals surface area contributed by atoms with Gasteiger partial charge < -0.3 is 20.6 Å². The maximum Gasteiger partial charge on any atom is 0.356 e. The number of rotatable bonds is 14. The number of alkyl halides is 1. The summed E-state index contributed by atoms with van der Waals surface area (Å²) in [5, 5.41) is 7.31. The van der Waals surface area contributed by atoms with E-state index in [1.54, 1.807) is 6.92 Å². The maximum absolute atomic E-state index is 14.4. The Bertz CT molecular complexity index is 2400. The Kier molecular flexibility index (Phi) is 12.1. The van der Waals surface area contributed by atoms with Crippen molar-refractivity contribution in [1.82, 2.24) is 15.2 Å². The van der Waals surface area contributed by atoms with Gasteiger partial charge in [0.2, 0.25) is 0 Å². The van der Waals surface area contributed by atoms with Crippen molar-refractivity contribution in [2.75, 3.05) is 24.0 Å². The van der Waals surface area contributed by atoms with Crippen LogP contribution in [0, 0.1) is 0 Å². The number of thiazole rings is 1. The standard InChI is InChI=1S/C47H40ClN5O5S2/c1-2-57-52-37(36-41(49)60-46(51-36)47(33-22-12-5-13-23-33,34-24-14-6-15-25-34)35-26-16-7-17-27-35)42(54)50-38-43(55)53-39(32(28-48)29-59-44(38)53)45(56)58-40(30-18-8-3-9-19-30)31-20-10-4-11-21-31/h3-27,38,40,44H,2,28-29,49H2,1H3,(H,50,54)/b52-37-/t38?,44-/m1/s1. The number of β-lactam (4-membered cyclic amide) rings is 1. The minimum Gasteiger partial charge on any atom is -0.448 e. The molecule has 8 rings (SSSR count). The zero-order chi connectivity index (χ0) is 41.6. The third-order valence-electron chi connectivity index (χ3n) is 10.4. The first kappa shape index (κ1) is 40.6. The molecule has 3 N–H and O–H groups in total. The van der Waals surface area contributed by atoms with Gasteiger partial charge in [-0.1, -0.05) is 168 Å².